The van der Waals surface area contributed by atoms with Gasteiger partial charge in [0.15, 0.2) is 0 Å². The summed E-state index contributed by atoms with van der Waals surface area (Å²) in [5.74, 6) is -0.0262. The van der Waals surface area contributed by atoms with Crippen LogP contribution in [-0.4, -0.2) is 53.3 Å². The van der Waals surface area contributed by atoms with Crippen molar-refractivity contribution in [3.63, 3.8) is 0 Å². The van der Waals surface area contributed by atoms with Crippen LogP contribution in [0.4, 0.5) is 11.4 Å². The van der Waals surface area contributed by atoms with Crippen molar-refractivity contribution in [1.29, 1.82) is 0 Å². The van der Waals surface area contributed by atoms with Crippen LogP contribution >= 0.6 is 11.6 Å². The Morgan fingerprint density at radius 3 is 2.41 bits per heavy atom. The Labute approximate surface area is 163 Å². The monoisotopic (exact) mass is 389 g/mol. The SMILES string of the molecule is Cc1cc(C)cc(NC(=O)CN2CCN(c3cnn(C)c(=O)c3Cl)CC2)c1. The largest absolute Gasteiger partial charge is 0.366 e. The fraction of sp³-hybridized carbons (Fsp3) is 0.421. The van der Waals surface area contributed by atoms with E-state index < -0.39 is 0 Å². The van der Waals surface area contributed by atoms with Crippen LogP contribution in [0.2, 0.25) is 5.02 Å². The first-order chi connectivity index (χ1) is 12.8. The first-order valence-corrected chi connectivity index (χ1v) is 9.28. The van der Waals surface area contributed by atoms with E-state index in [1.165, 1.54) is 4.68 Å². The molecule has 0 unspecified atom stereocenters. The highest BCUT2D eigenvalue weighted by atomic mass is 35.5. The summed E-state index contributed by atoms with van der Waals surface area (Å²) < 4.78 is 1.22. The van der Waals surface area contributed by atoms with Crippen molar-refractivity contribution in [3.05, 3.63) is 50.9 Å². The lowest BCUT2D eigenvalue weighted by molar-refractivity contribution is -0.117. The zero-order valence-corrected chi connectivity index (χ0v) is 16.6. The Morgan fingerprint density at radius 1 is 1.15 bits per heavy atom. The normalized spacial score (nSPS) is 15.0. The van der Waals surface area contributed by atoms with Gasteiger partial charge in [-0.3, -0.25) is 14.5 Å². The van der Waals surface area contributed by atoms with Crippen molar-refractivity contribution in [3.8, 4) is 0 Å². The molecule has 1 aliphatic heterocycles. The summed E-state index contributed by atoms with van der Waals surface area (Å²) in [4.78, 5) is 28.4. The summed E-state index contributed by atoms with van der Waals surface area (Å²) in [6, 6.07) is 6.01. The van der Waals surface area contributed by atoms with E-state index >= 15 is 0 Å². The van der Waals surface area contributed by atoms with Gasteiger partial charge >= 0.3 is 0 Å². The van der Waals surface area contributed by atoms with Gasteiger partial charge in [-0.1, -0.05) is 17.7 Å². The highest BCUT2D eigenvalue weighted by Crippen LogP contribution is 2.22. The molecule has 0 bridgehead atoms. The molecule has 1 saturated heterocycles. The number of carbonyl (C=O) groups excluding carboxylic acids is 1. The van der Waals surface area contributed by atoms with E-state index in [1.54, 1.807) is 13.2 Å². The number of nitrogens with zero attached hydrogens (tertiary/aromatic N) is 4. The van der Waals surface area contributed by atoms with Crippen molar-refractivity contribution in [2.45, 2.75) is 13.8 Å². The van der Waals surface area contributed by atoms with Crippen LogP contribution in [0.5, 0.6) is 0 Å². The molecule has 1 aromatic heterocycles. The van der Waals surface area contributed by atoms with E-state index in [-0.39, 0.29) is 16.5 Å². The number of nitrogens with one attached hydrogen (secondary N) is 1. The molecule has 0 spiro atoms. The Bertz CT molecular complexity index is 883. The zero-order chi connectivity index (χ0) is 19.6. The first-order valence-electron chi connectivity index (χ1n) is 8.91. The minimum Gasteiger partial charge on any atom is -0.366 e. The lowest BCUT2D eigenvalue weighted by Crippen LogP contribution is -2.49. The summed E-state index contributed by atoms with van der Waals surface area (Å²) >= 11 is 6.18. The third-order valence-corrected chi connectivity index (χ3v) is 5.00. The molecule has 27 heavy (non-hydrogen) atoms. The zero-order valence-electron chi connectivity index (χ0n) is 15.8. The Kier molecular flexibility index (Phi) is 5.82. The minimum atomic E-state index is -0.301. The summed E-state index contributed by atoms with van der Waals surface area (Å²) in [5, 5.41) is 7.20. The Hall–Kier alpha value is -2.38. The summed E-state index contributed by atoms with van der Waals surface area (Å²) in [7, 11) is 1.57. The van der Waals surface area contributed by atoms with Crippen molar-refractivity contribution in [1.82, 2.24) is 14.7 Å². The Morgan fingerprint density at radius 2 is 1.78 bits per heavy atom. The van der Waals surface area contributed by atoms with Crippen molar-refractivity contribution >= 4 is 28.9 Å². The van der Waals surface area contributed by atoms with Crippen LogP contribution < -0.4 is 15.8 Å². The molecular formula is C19H24ClN5O2. The van der Waals surface area contributed by atoms with Gasteiger partial charge in [-0.05, 0) is 37.1 Å². The van der Waals surface area contributed by atoms with Crippen LogP contribution in [0.1, 0.15) is 11.1 Å². The molecular weight excluding hydrogens is 366 g/mol. The summed E-state index contributed by atoms with van der Waals surface area (Å²) in [5.41, 5.74) is 3.43. The molecule has 2 heterocycles. The third kappa shape index (κ3) is 4.67. The molecule has 1 N–H and O–H groups in total. The van der Waals surface area contributed by atoms with E-state index in [0.29, 0.717) is 38.4 Å². The van der Waals surface area contributed by atoms with Crippen LogP contribution in [0.15, 0.2) is 29.2 Å². The number of aryl methyl sites for hydroxylation is 3. The molecule has 1 aliphatic rings. The maximum Gasteiger partial charge on any atom is 0.287 e. The molecule has 1 aromatic carbocycles. The predicted molar refractivity (Wildman–Crippen MR) is 108 cm³/mol. The third-order valence-electron chi connectivity index (χ3n) is 4.65. The van der Waals surface area contributed by atoms with Gasteiger partial charge in [0.2, 0.25) is 5.91 Å². The van der Waals surface area contributed by atoms with E-state index in [2.05, 4.69) is 21.4 Å². The Balaban J connectivity index is 1.56. The summed E-state index contributed by atoms with van der Waals surface area (Å²) in [6.07, 6.45) is 1.62. The average molecular weight is 390 g/mol. The highest BCUT2D eigenvalue weighted by Gasteiger charge is 2.22. The molecule has 7 nitrogen and oxygen atoms in total. The molecule has 2 aromatic rings. The van der Waals surface area contributed by atoms with Gasteiger partial charge in [0.05, 0.1) is 18.4 Å². The van der Waals surface area contributed by atoms with Crippen LogP contribution in [0.3, 0.4) is 0 Å². The van der Waals surface area contributed by atoms with Crippen molar-refractivity contribution < 1.29 is 4.79 Å². The van der Waals surface area contributed by atoms with E-state index in [4.69, 9.17) is 11.6 Å². The number of benzene rings is 1. The predicted octanol–water partition coefficient (Wildman–Crippen LogP) is 1.81. The van der Waals surface area contributed by atoms with Crippen molar-refractivity contribution in [2.75, 3.05) is 42.9 Å². The summed E-state index contributed by atoms with van der Waals surface area (Å²) in [6.45, 7) is 7.16. The molecule has 8 heteroatoms. The lowest BCUT2D eigenvalue weighted by Gasteiger charge is -2.35. The number of carbonyl (C=O) groups is 1. The van der Waals surface area contributed by atoms with Gasteiger partial charge in [-0.25, -0.2) is 4.68 Å². The molecule has 3 rings (SSSR count). The smallest absolute Gasteiger partial charge is 0.287 e. The van der Waals surface area contributed by atoms with E-state index in [1.807, 2.05) is 30.9 Å². The van der Waals surface area contributed by atoms with Gasteiger partial charge in [-0.2, -0.15) is 5.10 Å². The number of amides is 1. The first kappa shape index (κ1) is 19.4. The maximum absolute atomic E-state index is 12.3. The molecule has 144 valence electrons. The molecule has 0 atom stereocenters. The minimum absolute atomic E-state index is 0.0262. The average Bonchev–Trinajstić information content (AvgIpc) is 2.60. The van der Waals surface area contributed by atoms with Gasteiger partial charge in [-0.15, -0.1) is 0 Å². The van der Waals surface area contributed by atoms with E-state index in [9.17, 15) is 9.59 Å². The second-order valence-corrected chi connectivity index (χ2v) is 7.34. The van der Waals surface area contributed by atoms with Crippen LogP contribution in [0, 0.1) is 13.8 Å². The van der Waals surface area contributed by atoms with Gasteiger partial charge in [0.25, 0.3) is 5.56 Å². The standard InChI is InChI=1S/C19H24ClN5O2/c1-13-8-14(2)10-15(9-13)22-17(26)12-24-4-6-25(7-5-24)16-11-21-23(3)19(27)18(16)20/h8-11H,4-7,12H2,1-3H3,(H,22,26). The number of rotatable bonds is 4. The number of aromatic nitrogens is 2. The van der Waals surface area contributed by atoms with Gasteiger partial charge in [0, 0.05) is 38.9 Å². The second kappa shape index (κ2) is 8.10. The number of piperazine rings is 1. The molecule has 0 radical (unpaired) electrons. The fourth-order valence-electron chi connectivity index (χ4n) is 3.32. The number of hydrogen-bond acceptors (Lipinski definition) is 5. The van der Waals surface area contributed by atoms with Crippen LogP contribution in [0.25, 0.3) is 0 Å². The molecule has 1 fully saturated rings. The number of anilines is 2. The topological polar surface area (TPSA) is 70.5 Å². The second-order valence-electron chi connectivity index (χ2n) is 6.96. The van der Waals surface area contributed by atoms with Crippen molar-refractivity contribution in [2.24, 2.45) is 7.05 Å². The fourth-order valence-corrected chi connectivity index (χ4v) is 3.61. The number of halogens is 1. The molecule has 0 aliphatic carbocycles. The molecule has 0 saturated carbocycles. The highest BCUT2D eigenvalue weighted by molar-refractivity contribution is 6.33. The van der Waals surface area contributed by atoms with Crippen LogP contribution in [-0.2, 0) is 11.8 Å². The van der Waals surface area contributed by atoms with E-state index in [0.717, 1.165) is 16.8 Å². The maximum atomic E-state index is 12.3. The van der Waals surface area contributed by atoms with Gasteiger partial charge in [0.1, 0.15) is 5.02 Å². The lowest BCUT2D eigenvalue weighted by atomic mass is 10.1. The van der Waals surface area contributed by atoms with Gasteiger partial charge < -0.3 is 10.2 Å². The molecule has 1 amide bonds. The number of hydrogen-bond donors (Lipinski definition) is 1. The quantitative estimate of drug-likeness (QED) is 0.863.